The molecule has 0 aliphatic carbocycles. The predicted octanol–water partition coefficient (Wildman–Crippen LogP) is 2.88. The van der Waals surface area contributed by atoms with Gasteiger partial charge in [0.05, 0.1) is 12.6 Å². The Kier molecular flexibility index (Phi) is 2.26. The highest BCUT2D eigenvalue weighted by molar-refractivity contribution is 7.14. The Bertz CT molecular complexity index is 671. The second kappa shape index (κ2) is 3.78. The molecule has 0 atom stereocenters. The van der Waals surface area contributed by atoms with Gasteiger partial charge in [0.1, 0.15) is 16.4 Å². The van der Waals surface area contributed by atoms with Gasteiger partial charge in [0.25, 0.3) is 0 Å². The number of hydrogen-bond donors (Lipinski definition) is 2. The third-order valence-electron chi connectivity index (χ3n) is 2.74. The molecular formula is C12H11N3OS. The summed E-state index contributed by atoms with van der Waals surface area (Å²) in [7, 11) is 1.66. The van der Waals surface area contributed by atoms with E-state index < -0.39 is 0 Å². The Hall–Kier alpha value is -2.01. The van der Waals surface area contributed by atoms with Crippen LogP contribution >= 0.6 is 11.3 Å². The fourth-order valence-corrected chi connectivity index (χ4v) is 2.43. The van der Waals surface area contributed by atoms with E-state index in [1.54, 1.807) is 12.6 Å². The zero-order valence-corrected chi connectivity index (χ0v) is 10.0. The van der Waals surface area contributed by atoms with Gasteiger partial charge in [0.15, 0.2) is 0 Å². The van der Waals surface area contributed by atoms with E-state index in [0.29, 0.717) is 0 Å². The normalized spacial score (nSPS) is 10.9. The molecule has 4 nitrogen and oxygen atoms in total. The van der Waals surface area contributed by atoms with E-state index in [-0.39, 0.29) is 0 Å². The van der Waals surface area contributed by atoms with Crippen molar-refractivity contribution in [1.29, 1.82) is 0 Å². The van der Waals surface area contributed by atoms with E-state index in [2.05, 4.69) is 9.97 Å². The molecule has 0 radical (unpaired) electrons. The highest BCUT2D eigenvalue weighted by atomic mass is 32.1. The lowest BCUT2D eigenvalue weighted by Crippen LogP contribution is -1.85. The van der Waals surface area contributed by atoms with E-state index >= 15 is 0 Å². The number of aromatic amines is 1. The van der Waals surface area contributed by atoms with Crippen LogP contribution in [0.15, 0.2) is 29.9 Å². The number of H-pyrrole nitrogens is 1. The van der Waals surface area contributed by atoms with Crippen molar-refractivity contribution in [3.8, 4) is 17.0 Å². The van der Waals surface area contributed by atoms with Crippen LogP contribution in [0.4, 0.5) is 5.00 Å². The molecule has 5 heteroatoms. The summed E-state index contributed by atoms with van der Waals surface area (Å²) in [4.78, 5) is 7.50. The van der Waals surface area contributed by atoms with Gasteiger partial charge in [-0.15, -0.1) is 11.3 Å². The Morgan fingerprint density at radius 2 is 2.29 bits per heavy atom. The first-order valence-electron chi connectivity index (χ1n) is 5.14. The maximum Gasteiger partial charge on any atom is 0.120 e. The molecule has 3 aromatic rings. The number of nitrogens with zero attached hydrogens (tertiary/aromatic N) is 1. The number of rotatable bonds is 2. The van der Waals surface area contributed by atoms with E-state index in [4.69, 9.17) is 10.5 Å². The lowest BCUT2D eigenvalue weighted by atomic mass is 10.1. The van der Waals surface area contributed by atoms with Gasteiger partial charge in [0, 0.05) is 28.7 Å². The highest BCUT2D eigenvalue weighted by Gasteiger charge is 2.11. The van der Waals surface area contributed by atoms with Gasteiger partial charge in [-0.2, -0.15) is 0 Å². The van der Waals surface area contributed by atoms with Crippen molar-refractivity contribution >= 4 is 27.2 Å². The van der Waals surface area contributed by atoms with Gasteiger partial charge in [0.2, 0.25) is 0 Å². The molecule has 2 heterocycles. The average molecular weight is 245 g/mol. The highest BCUT2D eigenvalue weighted by Crippen LogP contribution is 2.34. The number of nitrogens with one attached hydrogen (secondary N) is 1. The van der Waals surface area contributed by atoms with Gasteiger partial charge in [-0.05, 0) is 12.1 Å². The molecule has 0 aliphatic rings. The second-order valence-corrected chi connectivity index (χ2v) is 4.57. The van der Waals surface area contributed by atoms with Crippen LogP contribution in [0.25, 0.3) is 22.2 Å². The number of hydrogen-bond acceptors (Lipinski definition) is 4. The van der Waals surface area contributed by atoms with Crippen LogP contribution in [0.2, 0.25) is 0 Å². The van der Waals surface area contributed by atoms with Crippen LogP contribution in [-0.4, -0.2) is 17.1 Å². The van der Waals surface area contributed by atoms with Gasteiger partial charge in [-0.1, -0.05) is 0 Å². The molecule has 0 amide bonds. The van der Waals surface area contributed by atoms with Crippen molar-refractivity contribution in [3.05, 3.63) is 29.9 Å². The van der Waals surface area contributed by atoms with Crippen molar-refractivity contribution in [2.45, 2.75) is 0 Å². The van der Waals surface area contributed by atoms with Gasteiger partial charge in [-0.25, -0.2) is 4.98 Å². The number of anilines is 1. The molecule has 2 aromatic heterocycles. The SMILES string of the molecule is COc1ccc2c(-c3ncsc3N)c[nH]c2c1. The first-order chi connectivity index (χ1) is 8.29. The minimum Gasteiger partial charge on any atom is -0.497 e. The quantitative estimate of drug-likeness (QED) is 0.729. The third-order valence-corrected chi connectivity index (χ3v) is 3.40. The third kappa shape index (κ3) is 1.55. The molecule has 3 N–H and O–H groups in total. The second-order valence-electron chi connectivity index (χ2n) is 3.68. The van der Waals surface area contributed by atoms with Crippen LogP contribution in [0.1, 0.15) is 0 Å². The molecule has 0 spiro atoms. The molecule has 0 aliphatic heterocycles. The van der Waals surface area contributed by atoms with E-state index in [1.165, 1.54) is 11.3 Å². The van der Waals surface area contributed by atoms with Crippen LogP contribution in [-0.2, 0) is 0 Å². The lowest BCUT2D eigenvalue weighted by Gasteiger charge is -2.00. The molecular weight excluding hydrogens is 234 g/mol. The molecule has 0 fully saturated rings. The van der Waals surface area contributed by atoms with E-state index in [0.717, 1.165) is 32.9 Å². The van der Waals surface area contributed by atoms with Crippen molar-refractivity contribution < 1.29 is 4.74 Å². The Labute approximate surface area is 102 Å². The summed E-state index contributed by atoms with van der Waals surface area (Å²) in [5, 5.41) is 1.84. The maximum absolute atomic E-state index is 5.90. The van der Waals surface area contributed by atoms with E-state index in [1.807, 2.05) is 24.4 Å². The first-order valence-corrected chi connectivity index (χ1v) is 6.02. The molecule has 0 bridgehead atoms. The number of nitrogens with two attached hydrogens (primary N) is 1. The van der Waals surface area contributed by atoms with Crippen molar-refractivity contribution in [2.24, 2.45) is 0 Å². The first kappa shape index (κ1) is 10.2. The van der Waals surface area contributed by atoms with Crippen LogP contribution in [0, 0.1) is 0 Å². The van der Waals surface area contributed by atoms with Gasteiger partial charge >= 0.3 is 0 Å². The monoisotopic (exact) mass is 245 g/mol. The summed E-state index contributed by atoms with van der Waals surface area (Å²) < 4.78 is 5.19. The van der Waals surface area contributed by atoms with Crippen LogP contribution in [0.3, 0.4) is 0 Å². The summed E-state index contributed by atoms with van der Waals surface area (Å²) in [5.74, 6) is 0.831. The topological polar surface area (TPSA) is 63.9 Å². The number of nitrogen functional groups attached to an aromatic ring is 1. The summed E-state index contributed by atoms with van der Waals surface area (Å²) in [5.41, 5.74) is 10.5. The molecule has 17 heavy (non-hydrogen) atoms. The van der Waals surface area contributed by atoms with Crippen molar-refractivity contribution in [1.82, 2.24) is 9.97 Å². The van der Waals surface area contributed by atoms with E-state index in [9.17, 15) is 0 Å². The minimum atomic E-state index is 0.738. The molecule has 0 saturated heterocycles. The lowest BCUT2D eigenvalue weighted by molar-refractivity contribution is 0.415. The summed E-state index contributed by atoms with van der Waals surface area (Å²) in [6, 6.07) is 5.91. The Balaban J connectivity index is 2.22. The van der Waals surface area contributed by atoms with Crippen molar-refractivity contribution in [3.63, 3.8) is 0 Å². The number of methoxy groups -OCH3 is 1. The van der Waals surface area contributed by atoms with Crippen LogP contribution in [0.5, 0.6) is 5.75 Å². The Morgan fingerprint density at radius 3 is 3.00 bits per heavy atom. The summed E-state index contributed by atoms with van der Waals surface area (Å²) in [6.45, 7) is 0. The Morgan fingerprint density at radius 1 is 1.41 bits per heavy atom. The summed E-state index contributed by atoms with van der Waals surface area (Å²) in [6.07, 6.45) is 1.93. The predicted molar refractivity (Wildman–Crippen MR) is 70.4 cm³/mol. The number of thiazole rings is 1. The molecule has 0 saturated carbocycles. The van der Waals surface area contributed by atoms with Crippen LogP contribution < -0.4 is 10.5 Å². The average Bonchev–Trinajstić information content (AvgIpc) is 2.94. The largest absolute Gasteiger partial charge is 0.497 e. The fourth-order valence-electron chi connectivity index (χ4n) is 1.89. The van der Waals surface area contributed by atoms with Gasteiger partial charge < -0.3 is 15.5 Å². The fraction of sp³-hybridized carbons (Fsp3) is 0.0833. The molecule has 3 rings (SSSR count). The van der Waals surface area contributed by atoms with Crippen molar-refractivity contribution in [2.75, 3.05) is 12.8 Å². The zero-order valence-electron chi connectivity index (χ0n) is 9.23. The molecule has 86 valence electrons. The number of ether oxygens (including phenoxy) is 1. The smallest absolute Gasteiger partial charge is 0.120 e. The minimum absolute atomic E-state index is 0.738. The standard InChI is InChI=1S/C12H11N3OS/c1-16-7-2-3-8-9(5-14-10(8)4-7)11-12(13)17-6-15-11/h2-6,14H,13H2,1H3. The molecule has 1 aromatic carbocycles. The summed E-state index contributed by atoms with van der Waals surface area (Å²) >= 11 is 1.45. The maximum atomic E-state index is 5.90. The van der Waals surface area contributed by atoms with Gasteiger partial charge in [-0.3, -0.25) is 0 Å². The number of fused-ring (bicyclic) bond motifs is 1. The zero-order chi connectivity index (χ0) is 11.8. The number of aromatic nitrogens is 2. The number of benzene rings is 1. The molecule has 0 unspecified atom stereocenters.